The average molecular weight is 258 g/mol. The van der Waals surface area contributed by atoms with Gasteiger partial charge < -0.3 is 14.6 Å². The van der Waals surface area contributed by atoms with Gasteiger partial charge in [-0.1, -0.05) is 18.2 Å². The monoisotopic (exact) mass is 258 g/mol. The lowest BCUT2D eigenvalue weighted by atomic mass is 10.0. The van der Waals surface area contributed by atoms with Gasteiger partial charge in [0.2, 0.25) is 0 Å². The van der Waals surface area contributed by atoms with Gasteiger partial charge in [-0.2, -0.15) is 0 Å². The molecular weight excluding hydrogens is 240 g/mol. The molecule has 1 N–H and O–H groups in total. The summed E-state index contributed by atoms with van der Waals surface area (Å²) >= 11 is 0. The zero-order chi connectivity index (χ0) is 13.8. The van der Waals surface area contributed by atoms with Crippen LogP contribution in [0.3, 0.4) is 0 Å². The molecule has 2 rings (SSSR count). The van der Waals surface area contributed by atoms with Crippen LogP contribution in [0.2, 0.25) is 0 Å². The number of ether oxygens (including phenoxy) is 2. The zero-order valence-corrected chi connectivity index (χ0v) is 11.4. The van der Waals surface area contributed by atoms with Crippen LogP contribution in [0, 0.1) is 6.92 Å². The van der Waals surface area contributed by atoms with E-state index in [2.05, 4.69) is 6.07 Å². The number of aryl methyl sites for hydroxylation is 1. The Balaban J connectivity index is 2.25. The molecule has 0 radical (unpaired) electrons. The Morgan fingerprint density at radius 1 is 0.895 bits per heavy atom. The number of phenolic OH excluding ortho intramolecular Hbond substituents is 1. The summed E-state index contributed by atoms with van der Waals surface area (Å²) in [6.07, 6.45) is 0.771. The van der Waals surface area contributed by atoms with E-state index in [1.165, 1.54) is 0 Å². The molecule has 0 aliphatic heterocycles. The summed E-state index contributed by atoms with van der Waals surface area (Å²) in [5.41, 5.74) is 3.37. The highest BCUT2D eigenvalue weighted by atomic mass is 16.5. The standard InChI is InChI=1S/C16H18O3/c1-11-4-5-12(9-15(11)18-2)8-13-6-7-14(17)16(10-13)19-3/h4-7,9-10,17H,8H2,1-3H3. The highest BCUT2D eigenvalue weighted by molar-refractivity contribution is 5.44. The van der Waals surface area contributed by atoms with E-state index in [0.29, 0.717) is 5.75 Å². The Bertz CT molecular complexity index is 525. The smallest absolute Gasteiger partial charge is 0.160 e. The molecule has 19 heavy (non-hydrogen) atoms. The van der Waals surface area contributed by atoms with Crippen LogP contribution in [0.5, 0.6) is 17.2 Å². The van der Waals surface area contributed by atoms with E-state index in [4.69, 9.17) is 9.47 Å². The molecule has 0 atom stereocenters. The molecule has 3 nitrogen and oxygen atoms in total. The second kappa shape index (κ2) is 5.65. The molecule has 0 unspecified atom stereocenters. The van der Waals surface area contributed by atoms with E-state index in [-0.39, 0.29) is 5.75 Å². The van der Waals surface area contributed by atoms with E-state index in [1.807, 2.05) is 31.2 Å². The van der Waals surface area contributed by atoms with E-state index < -0.39 is 0 Å². The molecular formula is C16H18O3. The van der Waals surface area contributed by atoms with Gasteiger partial charge in [-0.25, -0.2) is 0 Å². The summed E-state index contributed by atoms with van der Waals surface area (Å²) in [6, 6.07) is 11.6. The van der Waals surface area contributed by atoms with Crippen LogP contribution in [0.1, 0.15) is 16.7 Å². The van der Waals surface area contributed by atoms with Gasteiger partial charge in [-0.05, 0) is 48.2 Å². The first-order chi connectivity index (χ1) is 9.13. The molecule has 0 heterocycles. The first kappa shape index (κ1) is 13.3. The number of methoxy groups -OCH3 is 2. The Hall–Kier alpha value is -2.16. The second-order valence-electron chi connectivity index (χ2n) is 4.49. The molecule has 0 aliphatic rings. The topological polar surface area (TPSA) is 38.7 Å². The first-order valence-electron chi connectivity index (χ1n) is 6.13. The van der Waals surface area contributed by atoms with Crippen molar-refractivity contribution in [3.63, 3.8) is 0 Å². The number of rotatable bonds is 4. The fourth-order valence-electron chi connectivity index (χ4n) is 2.04. The van der Waals surface area contributed by atoms with Gasteiger partial charge in [0.25, 0.3) is 0 Å². The number of hydrogen-bond donors (Lipinski definition) is 1. The molecule has 0 saturated carbocycles. The third kappa shape index (κ3) is 2.99. The van der Waals surface area contributed by atoms with Gasteiger partial charge in [0.15, 0.2) is 11.5 Å². The molecule has 0 bridgehead atoms. The van der Waals surface area contributed by atoms with Crippen molar-refractivity contribution in [2.45, 2.75) is 13.3 Å². The number of hydrogen-bond acceptors (Lipinski definition) is 3. The number of phenols is 1. The van der Waals surface area contributed by atoms with Crippen molar-refractivity contribution < 1.29 is 14.6 Å². The molecule has 2 aromatic rings. The third-order valence-electron chi connectivity index (χ3n) is 3.12. The fourth-order valence-corrected chi connectivity index (χ4v) is 2.04. The molecule has 2 aromatic carbocycles. The second-order valence-corrected chi connectivity index (χ2v) is 4.49. The Labute approximate surface area is 113 Å². The summed E-state index contributed by atoms with van der Waals surface area (Å²) in [6.45, 7) is 2.02. The van der Waals surface area contributed by atoms with Gasteiger partial charge in [-0.3, -0.25) is 0 Å². The minimum atomic E-state index is 0.160. The quantitative estimate of drug-likeness (QED) is 0.914. The Morgan fingerprint density at radius 3 is 2.11 bits per heavy atom. The first-order valence-corrected chi connectivity index (χ1v) is 6.13. The molecule has 100 valence electrons. The minimum Gasteiger partial charge on any atom is -0.504 e. The van der Waals surface area contributed by atoms with Crippen molar-refractivity contribution >= 4 is 0 Å². The number of benzene rings is 2. The van der Waals surface area contributed by atoms with Crippen molar-refractivity contribution in [3.05, 3.63) is 53.1 Å². The van der Waals surface area contributed by atoms with E-state index in [9.17, 15) is 5.11 Å². The SMILES string of the molecule is COc1cc(Cc2ccc(O)c(OC)c2)ccc1C. The molecule has 0 aliphatic carbocycles. The van der Waals surface area contributed by atoms with Crippen LogP contribution in [-0.2, 0) is 6.42 Å². The van der Waals surface area contributed by atoms with Crippen LogP contribution in [-0.4, -0.2) is 19.3 Å². The van der Waals surface area contributed by atoms with Gasteiger partial charge in [0, 0.05) is 0 Å². The van der Waals surface area contributed by atoms with Crippen LogP contribution in [0.15, 0.2) is 36.4 Å². The molecule has 0 spiro atoms. The Kier molecular flexibility index (Phi) is 3.95. The van der Waals surface area contributed by atoms with Gasteiger partial charge in [0.1, 0.15) is 5.75 Å². The number of aromatic hydroxyl groups is 1. The van der Waals surface area contributed by atoms with Gasteiger partial charge in [0.05, 0.1) is 14.2 Å². The van der Waals surface area contributed by atoms with Crippen LogP contribution < -0.4 is 9.47 Å². The summed E-state index contributed by atoms with van der Waals surface area (Å²) in [7, 11) is 3.23. The zero-order valence-electron chi connectivity index (χ0n) is 11.4. The lowest BCUT2D eigenvalue weighted by Crippen LogP contribution is -1.93. The summed E-state index contributed by atoms with van der Waals surface area (Å²) in [5.74, 6) is 1.55. The predicted molar refractivity (Wildman–Crippen MR) is 75.2 cm³/mol. The maximum Gasteiger partial charge on any atom is 0.160 e. The third-order valence-corrected chi connectivity index (χ3v) is 3.12. The van der Waals surface area contributed by atoms with Crippen molar-refractivity contribution in [2.24, 2.45) is 0 Å². The maximum atomic E-state index is 9.57. The van der Waals surface area contributed by atoms with Crippen molar-refractivity contribution in [3.8, 4) is 17.2 Å². The van der Waals surface area contributed by atoms with Gasteiger partial charge >= 0.3 is 0 Å². The van der Waals surface area contributed by atoms with Crippen molar-refractivity contribution in [2.75, 3.05) is 14.2 Å². The molecule has 0 saturated heterocycles. The highest BCUT2D eigenvalue weighted by Gasteiger charge is 2.05. The van der Waals surface area contributed by atoms with Gasteiger partial charge in [-0.15, -0.1) is 0 Å². The lowest BCUT2D eigenvalue weighted by molar-refractivity contribution is 0.373. The minimum absolute atomic E-state index is 0.160. The van der Waals surface area contributed by atoms with Crippen molar-refractivity contribution in [1.82, 2.24) is 0 Å². The average Bonchev–Trinajstić information content (AvgIpc) is 2.43. The summed E-state index contributed by atoms with van der Waals surface area (Å²) in [4.78, 5) is 0. The molecule has 0 amide bonds. The van der Waals surface area contributed by atoms with Crippen LogP contribution in [0.4, 0.5) is 0 Å². The van der Waals surface area contributed by atoms with Crippen LogP contribution >= 0.6 is 0 Å². The largest absolute Gasteiger partial charge is 0.504 e. The van der Waals surface area contributed by atoms with Crippen molar-refractivity contribution in [1.29, 1.82) is 0 Å². The predicted octanol–water partition coefficient (Wildman–Crippen LogP) is 3.31. The van der Waals surface area contributed by atoms with E-state index in [1.54, 1.807) is 20.3 Å². The normalized spacial score (nSPS) is 10.3. The van der Waals surface area contributed by atoms with Crippen LogP contribution in [0.25, 0.3) is 0 Å². The molecule has 0 fully saturated rings. The van der Waals surface area contributed by atoms with E-state index in [0.717, 1.165) is 28.9 Å². The summed E-state index contributed by atoms with van der Waals surface area (Å²) in [5, 5.41) is 9.57. The fraction of sp³-hybridized carbons (Fsp3) is 0.250. The molecule has 0 aromatic heterocycles. The molecule has 3 heteroatoms. The highest BCUT2D eigenvalue weighted by Crippen LogP contribution is 2.28. The summed E-state index contributed by atoms with van der Waals surface area (Å²) < 4.78 is 10.4. The van der Waals surface area contributed by atoms with E-state index >= 15 is 0 Å². The lowest BCUT2D eigenvalue weighted by Gasteiger charge is -2.09. The maximum absolute atomic E-state index is 9.57. The Morgan fingerprint density at radius 2 is 1.47 bits per heavy atom.